The third-order valence-corrected chi connectivity index (χ3v) is 3.09. The molecule has 0 bridgehead atoms. The highest BCUT2D eigenvalue weighted by Gasteiger charge is 2.15. The molecule has 1 atom stereocenters. The van der Waals surface area contributed by atoms with Crippen molar-refractivity contribution < 1.29 is 14.4 Å². The normalized spacial score (nSPS) is 12.2. The lowest BCUT2D eigenvalue weighted by Gasteiger charge is -2.11. The summed E-state index contributed by atoms with van der Waals surface area (Å²) in [4.78, 5) is 15.7. The van der Waals surface area contributed by atoms with E-state index >= 15 is 0 Å². The molecule has 0 spiro atoms. The van der Waals surface area contributed by atoms with Crippen molar-refractivity contribution in [2.45, 2.75) is 26.0 Å². The molecule has 0 unspecified atom stereocenters. The van der Waals surface area contributed by atoms with Gasteiger partial charge in [0.1, 0.15) is 0 Å². The molecule has 1 amide bonds. The molecule has 0 aliphatic heterocycles. The molecule has 2 N–H and O–H groups in total. The lowest BCUT2D eigenvalue weighted by molar-refractivity contribution is -0.123. The Morgan fingerprint density at radius 1 is 1.38 bits per heavy atom. The van der Waals surface area contributed by atoms with Crippen LogP contribution in [0.2, 0.25) is 10.0 Å². The summed E-state index contributed by atoms with van der Waals surface area (Å²) in [5.41, 5.74) is 0.483. The Hall–Kier alpha value is -1.63. The van der Waals surface area contributed by atoms with E-state index in [1.807, 2.05) is 0 Å². The largest absolute Gasteiger partial charge is 0.388 e. The molecule has 0 aliphatic carbocycles. The van der Waals surface area contributed by atoms with E-state index in [-0.39, 0.29) is 18.9 Å². The minimum absolute atomic E-state index is 0.114. The molecule has 0 saturated heterocycles. The zero-order valence-electron chi connectivity index (χ0n) is 11.1. The number of benzene rings is 1. The van der Waals surface area contributed by atoms with Crippen molar-refractivity contribution in [1.82, 2.24) is 15.5 Å². The second-order valence-corrected chi connectivity index (χ2v) is 5.31. The van der Waals surface area contributed by atoms with Gasteiger partial charge in [0.05, 0.1) is 19.1 Å². The summed E-state index contributed by atoms with van der Waals surface area (Å²) in [6.07, 6.45) is -1.12. The molecule has 0 fully saturated rings. The topological polar surface area (TPSA) is 88.2 Å². The SMILES string of the molecule is Cc1noc(CNC(=O)C[C@H](O)c2cc(Cl)cc(Cl)c2)n1. The number of carbonyl (C=O) groups is 1. The fourth-order valence-corrected chi connectivity index (χ4v) is 2.26. The van der Waals surface area contributed by atoms with E-state index in [1.54, 1.807) is 25.1 Å². The van der Waals surface area contributed by atoms with E-state index in [4.69, 9.17) is 27.7 Å². The number of halogens is 2. The van der Waals surface area contributed by atoms with Gasteiger partial charge in [-0.25, -0.2) is 0 Å². The van der Waals surface area contributed by atoms with Gasteiger partial charge < -0.3 is 14.9 Å². The number of aryl methyl sites for hydroxylation is 1. The molecule has 112 valence electrons. The van der Waals surface area contributed by atoms with Gasteiger partial charge in [-0.2, -0.15) is 4.98 Å². The molecular weight excluding hydrogens is 317 g/mol. The molecule has 0 aliphatic rings. The number of aromatic nitrogens is 2. The standard InChI is InChI=1S/C13H13Cl2N3O3/c1-7-17-13(21-18-7)6-16-12(20)5-11(19)8-2-9(14)4-10(15)3-8/h2-4,11,19H,5-6H2,1H3,(H,16,20)/t11-/m0/s1. The van der Waals surface area contributed by atoms with Crippen molar-refractivity contribution >= 4 is 29.1 Å². The highest BCUT2D eigenvalue weighted by molar-refractivity contribution is 6.34. The van der Waals surface area contributed by atoms with Crippen molar-refractivity contribution in [2.75, 3.05) is 0 Å². The monoisotopic (exact) mass is 329 g/mol. The average molecular weight is 330 g/mol. The van der Waals surface area contributed by atoms with Gasteiger partial charge in [0.15, 0.2) is 5.82 Å². The van der Waals surface area contributed by atoms with E-state index < -0.39 is 6.10 Å². The molecule has 2 aromatic rings. The third kappa shape index (κ3) is 4.70. The minimum atomic E-state index is -0.995. The number of amides is 1. The Morgan fingerprint density at radius 3 is 2.62 bits per heavy atom. The predicted molar refractivity (Wildman–Crippen MR) is 76.9 cm³/mol. The van der Waals surface area contributed by atoms with Gasteiger partial charge in [0, 0.05) is 10.0 Å². The second kappa shape index (κ2) is 6.89. The Morgan fingerprint density at radius 2 is 2.05 bits per heavy atom. The summed E-state index contributed by atoms with van der Waals surface area (Å²) in [7, 11) is 0. The van der Waals surface area contributed by atoms with Gasteiger partial charge in [-0.15, -0.1) is 0 Å². The summed E-state index contributed by atoms with van der Waals surface area (Å²) in [5.74, 6) is 0.448. The summed E-state index contributed by atoms with van der Waals surface area (Å²) < 4.78 is 4.86. The number of rotatable bonds is 5. The fourth-order valence-electron chi connectivity index (χ4n) is 1.72. The molecule has 1 heterocycles. The quantitative estimate of drug-likeness (QED) is 0.879. The van der Waals surface area contributed by atoms with Gasteiger partial charge in [-0.1, -0.05) is 28.4 Å². The van der Waals surface area contributed by atoms with Crippen LogP contribution in [-0.4, -0.2) is 21.2 Å². The first-order valence-corrected chi connectivity index (χ1v) is 6.89. The Bertz CT molecular complexity index is 625. The van der Waals surface area contributed by atoms with E-state index in [9.17, 15) is 9.90 Å². The predicted octanol–water partition coefficient (Wildman–Crippen LogP) is 2.42. The van der Waals surface area contributed by atoms with Crippen LogP contribution < -0.4 is 5.32 Å². The molecule has 2 rings (SSSR count). The fraction of sp³-hybridized carbons (Fsp3) is 0.308. The van der Waals surface area contributed by atoms with Crippen LogP contribution in [0.4, 0.5) is 0 Å². The van der Waals surface area contributed by atoms with Crippen molar-refractivity contribution in [2.24, 2.45) is 0 Å². The smallest absolute Gasteiger partial charge is 0.246 e. The van der Waals surface area contributed by atoms with Crippen molar-refractivity contribution in [3.8, 4) is 0 Å². The molecule has 8 heteroatoms. The van der Waals surface area contributed by atoms with Crippen molar-refractivity contribution in [3.63, 3.8) is 0 Å². The lowest BCUT2D eigenvalue weighted by atomic mass is 10.1. The lowest BCUT2D eigenvalue weighted by Crippen LogP contribution is -2.24. The first kappa shape index (κ1) is 15.8. The molecule has 0 radical (unpaired) electrons. The van der Waals surface area contributed by atoms with Crippen LogP contribution in [0.25, 0.3) is 0 Å². The minimum Gasteiger partial charge on any atom is -0.388 e. The highest BCUT2D eigenvalue weighted by atomic mass is 35.5. The van der Waals surface area contributed by atoms with Crippen LogP contribution in [0.1, 0.15) is 29.8 Å². The number of nitrogens with zero attached hydrogens (tertiary/aromatic N) is 2. The number of hydrogen-bond donors (Lipinski definition) is 2. The molecule has 1 aromatic carbocycles. The number of nitrogens with one attached hydrogen (secondary N) is 1. The summed E-state index contributed by atoms with van der Waals surface area (Å²) in [5, 5.41) is 17.0. The van der Waals surface area contributed by atoms with Gasteiger partial charge in [-0.05, 0) is 30.7 Å². The van der Waals surface area contributed by atoms with Crippen LogP contribution in [-0.2, 0) is 11.3 Å². The van der Waals surface area contributed by atoms with E-state index in [2.05, 4.69) is 15.5 Å². The van der Waals surface area contributed by atoms with Crippen LogP contribution in [0.3, 0.4) is 0 Å². The van der Waals surface area contributed by atoms with Crippen molar-refractivity contribution in [1.29, 1.82) is 0 Å². The second-order valence-electron chi connectivity index (χ2n) is 4.43. The summed E-state index contributed by atoms with van der Waals surface area (Å²) in [6, 6.07) is 4.68. The highest BCUT2D eigenvalue weighted by Crippen LogP contribution is 2.25. The van der Waals surface area contributed by atoms with E-state index in [0.717, 1.165) is 0 Å². The zero-order valence-corrected chi connectivity index (χ0v) is 12.6. The van der Waals surface area contributed by atoms with Crippen molar-refractivity contribution in [3.05, 3.63) is 45.5 Å². The molecule has 6 nitrogen and oxygen atoms in total. The third-order valence-electron chi connectivity index (χ3n) is 2.65. The maximum atomic E-state index is 11.7. The van der Waals surface area contributed by atoms with Gasteiger partial charge in [-0.3, -0.25) is 4.79 Å². The average Bonchev–Trinajstić information content (AvgIpc) is 2.81. The van der Waals surface area contributed by atoms with Crippen LogP contribution >= 0.6 is 23.2 Å². The van der Waals surface area contributed by atoms with Gasteiger partial charge in [0.25, 0.3) is 0 Å². The number of hydrogen-bond acceptors (Lipinski definition) is 5. The van der Waals surface area contributed by atoms with E-state index in [1.165, 1.54) is 0 Å². The Labute approximate surface area is 131 Å². The Balaban J connectivity index is 1.89. The number of aliphatic hydroxyl groups excluding tert-OH is 1. The first-order chi connectivity index (χ1) is 9.94. The molecule has 0 saturated carbocycles. The van der Waals surface area contributed by atoms with Crippen LogP contribution in [0.5, 0.6) is 0 Å². The van der Waals surface area contributed by atoms with Gasteiger partial charge in [0.2, 0.25) is 11.8 Å². The maximum Gasteiger partial charge on any atom is 0.246 e. The molecule has 21 heavy (non-hydrogen) atoms. The molecule has 1 aromatic heterocycles. The zero-order chi connectivity index (χ0) is 15.4. The van der Waals surface area contributed by atoms with Gasteiger partial charge >= 0.3 is 0 Å². The maximum absolute atomic E-state index is 11.7. The summed E-state index contributed by atoms with van der Waals surface area (Å²) >= 11 is 11.7. The number of carbonyl (C=O) groups excluding carboxylic acids is 1. The molecular formula is C13H13Cl2N3O3. The first-order valence-electron chi connectivity index (χ1n) is 6.14. The number of aliphatic hydroxyl groups is 1. The Kier molecular flexibility index (Phi) is 5.17. The van der Waals surface area contributed by atoms with Crippen LogP contribution in [0, 0.1) is 6.92 Å². The van der Waals surface area contributed by atoms with E-state index in [0.29, 0.717) is 27.3 Å². The van der Waals surface area contributed by atoms with Crippen LogP contribution in [0.15, 0.2) is 22.7 Å². The summed E-state index contributed by atoms with van der Waals surface area (Å²) in [6.45, 7) is 1.80.